The van der Waals surface area contributed by atoms with Gasteiger partial charge in [0, 0.05) is 20.1 Å². The van der Waals surface area contributed by atoms with Gasteiger partial charge in [-0.15, -0.1) is 0 Å². The molecule has 1 fully saturated rings. The molecular weight excluding hydrogens is 240 g/mol. The van der Waals surface area contributed by atoms with Gasteiger partial charge in [0.2, 0.25) is 0 Å². The lowest BCUT2D eigenvalue weighted by atomic mass is 9.93. The number of hydrogen-bond donors (Lipinski definition) is 1. The minimum atomic E-state index is -3.43. The van der Waals surface area contributed by atoms with Crippen LogP contribution in [0.15, 0.2) is 0 Å². The minimum Gasteiger partial charge on any atom is -0.391 e. The van der Waals surface area contributed by atoms with Crippen LogP contribution in [-0.2, 0) is 10.2 Å². The third kappa shape index (κ3) is 3.19. The molecule has 0 radical (unpaired) electrons. The Balaban J connectivity index is 2.83. The molecule has 1 rings (SSSR count). The molecule has 0 amide bonds. The van der Waals surface area contributed by atoms with Crippen molar-refractivity contribution in [3.8, 4) is 0 Å². The van der Waals surface area contributed by atoms with Crippen LogP contribution in [0.3, 0.4) is 0 Å². The van der Waals surface area contributed by atoms with E-state index >= 15 is 0 Å². The first-order chi connectivity index (χ1) is 7.95. The summed E-state index contributed by atoms with van der Waals surface area (Å²) in [6.45, 7) is 4.58. The molecule has 5 nitrogen and oxygen atoms in total. The summed E-state index contributed by atoms with van der Waals surface area (Å²) in [5.74, 6) is 0. The molecule has 0 aromatic carbocycles. The van der Waals surface area contributed by atoms with Crippen molar-refractivity contribution in [2.75, 3.05) is 20.1 Å². The first-order valence-corrected chi connectivity index (χ1v) is 7.76. The summed E-state index contributed by atoms with van der Waals surface area (Å²) in [5.41, 5.74) is 0. The number of aliphatic hydroxyl groups excluding tert-OH is 1. The van der Waals surface area contributed by atoms with Crippen LogP contribution < -0.4 is 0 Å². The van der Waals surface area contributed by atoms with E-state index < -0.39 is 16.3 Å². The lowest BCUT2D eigenvalue weighted by Crippen LogP contribution is -2.51. The lowest BCUT2D eigenvalue weighted by Gasteiger charge is -2.36. The van der Waals surface area contributed by atoms with Gasteiger partial charge in [-0.25, -0.2) is 0 Å². The van der Waals surface area contributed by atoms with E-state index in [4.69, 9.17) is 0 Å². The Morgan fingerprint density at radius 2 is 1.71 bits per heavy atom. The van der Waals surface area contributed by atoms with E-state index in [-0.39, 0.29) is 6.04 Å². The van der Waals surface area contributed by atoms with Gasteiger partial charge in [-0.05, 0) is 12.8 Å². The van der Waals surface area contributed by atoms with Crippen LogP contribution in [0.5, 0.6) is 0 Å². The Bertz CT molecular complexity index is 328. The summed E-state index contributed by atoms with van der Waals surface area (Å²) < 4.78 is 27.3. The van der Waals surface area contributed by atoms with Gasteiger partial charge in [-0.2, -0.15) is 17.0 Å². The molecule has 1 aliphatic rings. The van der Waals surface area contributed by atoms with Crippen LogP contribution in [0.2, 0.25) is 0 Å². The van der Waals surface area contributed by atoms with Gasteiger partial charge in [-0.3, -0.25) is 0 Å². The predicted octanol–water partition coefficient (Wildman–Crippen LogP) is 0.808. The highest BCUT2D eigenvalue weighted by atomic mass is 32.2. The highest BCUT2D eigenvalue weighted by Crippen LogP contribution is 2.25. The van der Waals surface area contributed by atoms with Crippen LogP contribution in [-0.4, -0.2) is 54.4 Å². The molecule has 0 spiro atoms. The fourth-order valence-corrected chi connectivity index (χ4v) is 4.02. The monoisotopic (exact) mass is 264 g/mol. The number of aliphatic hydroxyl groups is 1. The average molecular weight is 264 g/mol. The Labute approximate surface area is 105 Å². The maximum Gasteiger partial charge on any atom is 0.282 e. The van der Waals surface area contributed by atoms with Gasteiger partial charge in [0.05, 0.1) is 12.1 Å². The van der Waals surface area contributed by atoms with Crippen molar-refractivity contribution in [3.05, 3.63) is 0 Å². The molecule has 0 aliphatic heterocycles. The van der Waals surface area contributed by atoms with E-state index in [1.54, 1.807) is 7.05 Å². The topological polar surface area (TPSA) is 60.9 Å². The SMILES string of the molecule is CCN(CC)S(=O)(=O)N(C)C1CCCCC1O. The lowest BCUT2D eigenvalue weighted by molar-refractivity contribution is 0.0615. The summed E-state index contributed by atoms with van der Waals surface area (Å²) >= 11 is 0. The van der Waals surface area contributed by atoms with Gasteiger partial charge >= 0.3 is 0 Å². The smallest absolute Gasteiger partial charge is 0.282 e. The fourth-order valence-electron chi connectivity index (χ4n) is 2.42. The standard InChI is InChI=1S/C11H24N2O3S/c1-4-13(5-2)17(15,16)12(3)10-8-6-7-9-11(10)14/h10-11,14H,4-9H2,1-3H3. The molecule has 2 unspecified atom stereocenters. The van der Waals surface area contributed by atoms with Crippen LogP contribution in [0.1, 0.15) is 39.5 Å². The van der Waals surface area contributed by atoms with E-state index in [9.17, 15) is 13.5 Å². The number of likely N-dealkylation sites (N-methyl/N-ethyl adjacent to an activating group) is 1. The van der Waals surface area contributed by atoms with Gasteiger partial charge in [0.15, 0.2) is 0 Å². The summed E-state index contributed by atoms with van der Waals surface area (Å²) in [6.07, 6.45) is 2.89. The zero-order valence-corrected chi connectivity index (χ0v) is 11.8. The largest absolute Gasteiger partial charge is 0.391 e. The summed E-state index contributed by atoms with van der Waals surface area (Å²) in [5, 5.41) is 9.91. The van der Waals surface area contributed by atoms with E-state index in [0.717, 1.165) is 19.3 Å². The van der Waals surface area contributed by atoms with Crippen molar-refractivity contribution in [1.82, 2.24) is 8.61 Å². The number of hydrogen-bond acceptors (Lipinski definition) is 3. The molecule has 17 heavy (non-hydrogen) atoms. The second-order valence-electron chi connectivity index (χ2n) is 4.53. The first-order valence-electron chi connectivity index (χ1n) is 6.36. The van der Waals surface area contributed by atoms with E-state index in [2.05, 4.69) is 0 Å². The van der Waals surface area contributed by atoms with Crippen molar-refractivity contribution in [2.24, 2.45) is 0 Å². The molecule has 0 aromatic rings. The summed E-state index contributed by atoms with van der Waals surface area (Å²) in [7, 11) is -1.85. The highest BCUT2D eigenvalue weighted by Gasteiger charge is 2.35. The molecule has 0 aromatic heterocycles. The van der Waals surface area contributed by atoms with Crippen molar-refractivity contribution in [1.29, 1.82) is 0 Å². The molecule has 2 atom stereocenters. The van der Waals surface area contributed by atoms with Crippen molar-refractivity contribution >= 4 is 10.2 Å². The van der Waals surface area contributed by atoms with Crippen molar-refractivity contribution in [2.45, 2.75) is 51.7 Å². The summed E-state index contributed by atoms with van der Waals surface area (Å²) in [6, 6.07) is -0.269. The summed E-state index contributed by atoms with van der Waals surface area (Å²) in [4.78, 5) is 0. The van der Waals surface area contributed by atoms with Crippen molar-refractivity contribution in [3.63, 3.8) is 0 Å². The zero-order chi connectivity index (χ0) is 13.1. The van der Waals surface area contributed by atoms with E-state index in [0.29, 0.717) is 19.5 Å². The third-order valence-electron chi connectivity index (χ3n) is 3.56. The molecular formula is C11H24N2O3S. The van der Waals surface area contributed by atoms with Crippen LogP contribution >= 0.6 is 0 Å². The Morgan fingerprint density at radius 1 is 1.18 bits per heavy atom. The fraction of sp³-hybridized carbons (Fsp3) is 1.00. The third-order valence-corrected chi connectivity index (χ3v) is 5.72. The molecule has 0 saturated heterocycles. The van der Waals surface area contributed by atoms with Gasteiger partial charge in [0.25, 0.3) is 10.2 Å². The molecule has 1 N–H and O–H groups in total. The van der Waals surface area contributed by atoms with E-state index in [1.165, 1.54) is 8.61 Å². The highest BCUT2D eigenvalue weighted by molar-refractivity contribution is 7.86. The predicted molar refractivity (Wildman–Crippen MR) is 67.9 cm³/mol. The maximum absolute atomic E-state index is 12.3. The second kappa shape index (κ2) is 6.13. The average Bonchev–Trinajstić information content (AvgIpc) is 2.30. The molecule has 0 heterocycles. The van der Waals surface area contributed by atoms with E-state index in [1.807, 2.05) is 13.8 Å². The molecule has 6 heteroatoms. The molecule has 1 aliphatic carbocycles. The van der Waals surface area contributed by atoms with Gasteiger partial charge in [0.1, 0.15) is 0 Å². The van der Waals surface area contributed by atoms with Crippen LogP contribution in [0, 0.1) is 0 Å². The molecule has 102 valence electrons. The zero-order valence-electron chi connectivity index (χ0n) is 11.0. The Kier molecular flexibility index (Phi) is 5.37. The Hall–Kier alpha value is -0.170. The van der Waals surface area contributed by atoms with Crippen LogP contribution in [0.25, 0.3) is 0 Å². The quantitative estimate of drug-likeness (QED) is 0.799. The number of rotatable bonds is 5. The molecule has 0 bridgehead atoms. The van der Waals surface area contributed by atoms with Crippen molar-refractivity contribution < 1.29 is 13.5 Å². The number of nitrogens with zero attached hydrogens (tertiary/aromatic N) is 2. The molecule has 1 saturated carbocycles. The second-order valence-corrected chi connectivity index (χ2v) is 6.52. The minimum absolute atomic E-state index is 0.269. The van der Waals surface area contributed by atoms with Gasteiger partial charge < -0.3 is 5.11 Å². The Morgan fingerprint density at radius 3 is 2.18 bits per heavy atom. The maximum atomic E-state index is 12.3. The van der Waals surface area contributed by atoms with Crippen LogP contribution in [0.4, 0.5) is 0 Å². The normalized spacial score (nSPS) is 26.7. The first kappa shape index (κ1) is 14.9. The van der Waals surface area contributed by atoms with Gasteiger partial charge in [-0.1, -0.05) is 26.7 Å².